The summed E-state index contributed by atoms with van der Waals surface area (Å²) in [4.78, 5) is 20.9. The van der Waals surface area contributed by atoms with Gasteiger partial charge in [-0.3, -0.25) is 9.59 Å². The number of hydrogen-bond acceptors (Lipinski definition) is 2. The van der Waals surface area contributed by atoms with Crippen molar-refractivity contribution in [2.45, 2.75) is 13.8 Å². The Bertz CT molecular complexity index is 180. The maximum atomic E-state index is 10.5. The van der Waals surface area contributed by atoms with Crippen molar-refractivity contribution in [1.29, 1.82) is 0 Å². The first-order chi connectivity index (χ1) is 4.83. The number of hydrogen-bond donors (Lipinski definition) is 2. The van der Waals surface area contributed by atoms with Gasteiger partial charge in [0, 0.05) is 0 Å². The predicted molar refractivity (Wildman–Crippen MR) is 38.2 cm³/mol. The van der Waals surface area contributed by atoms with Gasteiger partial charge >= 0.3 is 11.9 Å². The van der Waals surface area contributed by atoms with E-state index in [-0.39, 0.29) is 5.57 Å². The summed E-state index contributed by atoms with van der Waals surface area (Å²) in [5.41, 5.74) is -1.75. The summed E-state index contributed by atoms with van der Waals surface area (Å²) in [6, 6.07) is 0. The first-order valence-electron chi connectivity index (χ1n) is 2.96. The molecule has 0 heterocycles. The molecule has 0 bridgehead atoms. The summed E-state index contributed by atoms with van der Waals surface area (Å²) in [6.45, 7) is 5.80. The Labute approximate surface area is 64.2 Å². The van der Waals surface area contributed by atoms with Gasteiger partial charge in [-0.05, 0) is 13.8 Å². The van der Waals surface area contributed by atoms with Crippen LogP contribution in [0.15, 0.2) is 12.2 Å². The minimum atomic E-state index is -1.86. The second-order valence-electron chi connectivity index (χ2n) is 2.52. The molecule has 0 saturated heterocycles. The van der Waals surface area contributed by atoms with E-state index >= 15 is 0 Å². The molecule has 0 rings (SSSR count). The Hall–Kier alpha value is -1.32. The lowest BCUT2D eigenvalue weighted by Crippen LogP contribution is -2.37. The van der Waals surface area contributed by atoms with E-state index in [1.54, 1.807) is 0 Å². The minimum Gasteiger partial charge on any atom is -0.480 e. The molecule has 0 amide bonds. The summed E-state index contributed by atoms with van der Waals surface area (Å²) in [5, 5.41) is 17.1. The van der Waals surface area contributed by atoms with Gasteiger partial charge in [0.25, 0.3) is 0 Å². The fraction of sp³-hybridized carbons (Fsp3) is 0.429. The van der Waals surface area contributed by atoms with Gasteiger partial charge in [-0.15, -0.1) is 0 Å². The molecule has 0 fully saturated rings. The van der Waals surface area contributed by atoms with Crippen LogP contribution in [0.25, 0.3) is 0 Å². The monoisotopic (exact) mass is 158 g/mol. The standard InChI is InChI=1S/C7H10O4/c1-4(2)7(3,5(8)9)6(10)11/h1H2,2-3H3,(H,8,9)(H,10,11). The Balaban J connectivity index is 4.99. The highest BCUT2D eigenvalue weighted by atomic mass is 16.4. The number of carbonyl (C=O) groups is 2. The molecule has 11 heavy (non-hydrogen) atoms. The van der Waals surface area contributed by atoms with Gasteiger partial charge in [-0.1, -0.05) is 12.2 Å². The lowest BCUT2D eigenvalue weighted by atomic mass is 9.84. The molecular weight excluding hydrogens is 148 g/mol. The molecule has 0 unspecified atom stereocenters. The van der Waals surface area contributed by atoms with Crippen LogP contribution in [0.1, 0.15) is 13.8 Å². The van der Waals surface area contributed by atoms with Gasteiger partial charge in [0.15, 0.2) is 5.41 Å². The van der Waals surface area contributed by atoms with Crippen LogP contribution in [0.2, 0.25) is 0 Å². The van der Waals surface area contributed by atoms with Gasteiger partial charge in [-0.25, -0.2) is 0 Å². The molecular formula is C7H10O4. The van der Waals surface area contributed by atoms with Crippen LogP contribution in [-0.2, 0) is 9.59 Å². The van der Waals surface area contributed by atoms with E-state index in [9.17, 15) is 9.59 Å². The average Bonchev–Trinajstić information content (AvgIpc) is 1.84. The molecule has 0 atom stereocenters. The number of carboxylic acid groups (broad SMARTS) is 2. The molecule has 2 N–H and O–H groups in total. The number of carboxylic acids is 2. The molecule has 4 nitrogen and oxygen atoms in total. The van der Waals surface area contributed by atoms with E-state index < -0.39 is 17.4 Å². The third-order valence-corrected chi connectivity index (χ3v) is 1.71. The summed E-state index contributed by atoms with van der Waals surface area (Å²) < 4.78 is 0. The SMILES string of the molecule is C=C(C)C(C)(C(=O)O)C(=O)O. The summed E-state index contributed by atoms with van der Waals surface area (Å²) in [6.07, 6.45) is 0. The molecule has 0 aliphatic heterocycles. The van der Waals surface area contributed by atoms with Crippen LogP contribution in [0, 0.1) is 5.41 Å². The van der Waals surface area contributed by atoms with Crippen LogP contribution in [0.5, 0.6) is 0 Å². The van der Waals surface area contributed by atoms with Gasteiger partial charge in [0.05, 0.1) is 0 Å². The zero-order valence-electron chi connectivity index (χ0n) is 6.42. The average molecular weight is 158 g/mol. The fourth-order valence-corrected chi connectivity index (χ4v) is 0.457. The van der Waals surface area contributed by atoms with Crippen molar-refractivity contribution in [2.75, 3.05) is 0 Å². The van der Waals surface area contributed by atoms with E-state index in [0.717, 1.165) is 6.92 Å². The van der Waals surface area contributed by atoms with Crippen molar-refractivity contribution in [3.63, 3.8) is 0 Å². The van der Waals surface area contributed by atoms with Crippen LogP contribution in [-0.4, -0.2) is 22.2 Å². The van der Waals surface area contributed by atoms with Gasteiger partial charge in [0.2, 0.25) is 0 Å². The first kappa shape index (κ1) is 9.68. The molecule has 0 radical (unpaired) electrons. The second kappa shape index (κ2) is 2.74. The summed E-state index contributed by atoms with van der Waals surface area (Å²) >= 11 is 0. The highest BCUT2D eigenvalue weighted by molar-refractivity contribution is 6.01. The largest absolute Gasteiger partial charge is 0.480 e. The third kappa shape index (κ3) is 1.39. The zero-order valence-corrected chi connectivity index (χ0v) is 6.42. The first-order valence-corrected chi connectivity index (χ1v) is 2.96. The molecule has 0 spiro atoms. The van der Waals surface area contributed by atoms with E-state index in [1.165, 1.54) is 6.92 Å². The van der Waals surface area contributed by atoms with Crippen molar-refractivity contribution >= 4 is 11.9 Å². The van der Waals surface area contributed by atoms with Crippen LogP contribution >= 0.6 is 0 Å². The lowest BCUT2D eigenvalue weighted by Gasteiger charge is -2.18. The quantitative estimate of drug-likeness (QED) is 0.469. The Morgan fingerprint density at radius 3 is 1.55 bits per heavy atom. The molecule has 0 aromatic carbocycles. The number of aliphatic carboxylic acids is 2. The van der Waals surface area contributed by atoms with E-state index in [2.05, 4.69) is 6.58 Å². The fourth-order valence-electron chi connectivity index (χ4n) is 0.457. The van der Waals surface area contributed by atoms with Crippen LogP contribution in [0.4, 0.5) is 0 Å². The molecule has 4 heteroatoms. The highest BCUT2D eigenvalue weighted by Gasteiger charge is 2.42. The summed E-state index contributed by atoms with van der Waals surface area (Å²) in [5.74, 6) is -2.78. The van der Waals surface area contributed by atoms with Gasteiger partial charge in [0.1, 0.15) is 0 Å². The Kier molecular flexibility index (Phi) is 2.41. The normalized spacial score (nSPS) is 10.7. The van der Waals surface area contributed by atoms with E-state index in [4.69, 9.17) is 10.2 Å². The van der Waals surface area contributed by atoms with Gasteiger partial charge in [-0.2, -0.15) is 0 Å². The molecule has 0 aliphatic rings. The minimum absolute atomic E-state index is 0.109. The zero-order chi connectivity index (χ0) is 9.23. The number of rotatable bonds is 3. The Morgan fingerprint density at radius 2 is 1.55 bits per heavy atom. The van der Waals surface area contributed by atoms with Crippen molar-refractivity contribution in [2.24, 2.45) is 5.41 Å². The maximum absolute atomic E-state index is 10.5. The topological polar surface area (TPSA) is 74.6 Å². The molecule has 0 aromatic heterocycles. The Morgan fingerprint density at radius 1 is 1.27 bits per heavy atom. The lowest BCUT2D eigenvalue weighted by molar-refractivity contribution is -0.160. The molecule has 62 valence electrons. The van der Waals surface area contributed by atoms with E-state index in [1.807, 2.05) is 0 Å². The van der Waals surface area contributed by atoms with Crippen molar-refractivity contribution in [3.8, 4) is 0 Å². The van der Waals surface area contributed by atoms with Crippen LogP contribution in [0.3, 0.4) is 0 Å². The van der Waals surface area contributed by atoms with E-state index in [0.29, 0.717) is 0 Å². The van der Waals surface area contributed by atoms with Crippen molar-refractivity contribution < 1.29 is 19.8 Å². The maximum Gasteiger partial charge on any atom is 0.324 e. The smallest absolute Gasteiger partial charge is 0.324 e. The molecule has 0 aromatic rings. The third-order valence-electron chi connectivity index (χ3n) is 1.71. The van der Waals surface area contributed by atoms with Crippen LogP contribution < -0.4 is 0 Å². The van der Waals surface area contributed by atoms with Crippen molar-refractivity contribution in [1.82, 2.24) is 0 Å². The molecule has 0 aliphatic carbocycles. The highest BCUT2D eigenvalue weighted by Crippen LogP contribution is 2.25. The predicted octanol–water partition coefficient (Wildman–Crippen LogP) is 0.738. The van der Waals surface area contributed by atoms with Crippen molar-refractivity contribution in [3.05, 3.63) is 12.2 Å². The summed E-state index contributed by atoms with van der Waals surface area (Å²) in [7, 11) is 0. The second-order valence-corrected chi connectivity index (χ2v) is 2.52. The van der Waals surface area contributed by atoms with Gasteiger partial charge < -0.3 is 10.2 Å². The molecule has 0 saturated carbocycles.